The monoisotopic (exact) mass is 340 g/mol. The number of amides is 1. The predicted molar refractivity (Wildman–Crippen MR) is 93.6 cm³/mol. The van der Waals surface area contributed by atoms with Gasteiger partial charge in [-0.05, 0) is 50.2 Å². The standard InChI is InChI=1S/C17H16N4O2S/c1-10-4-9-14(11(2)18-10)16(22)20-17-19-15(21-24-17)12-5-7-13(23-3)8-6-12/h4-9H,1-3H3,(H,19,20,21,22). The molecule has 0 saturated carbocycles. The maximum atomic E-state index is 12.3. The molecule has 2 aromatic heterocycles. The van der Waals surface area contributed by atoms with E-state index in [1.165, 1.54) is 0 Å². The molecule has 1 N–H and O–H groups in total. The highest BCUT2D eigenvalue weighted by Crippen LogP contribution is 2.23. The molecule has 0 saturated heterocycles. The first-order valence-corrected chi connectivity index (χ1v) is 8.08. The van der Waals surface area contributed by atoms with E-state index < -0.39 is 0 Å². The summed E-state index contributed by atoms with van der Waals surface area (Å²) in [6, 6.07) is 11.0. The van der Waals surface area contributed by atoms with Crippen LogP contribution in [0.1, 0.15) is 21.7 Å². The van der Waals surface area contributed by atoms with Gasteiger partial charge in [-0.2, -0.15) is 9.36 Å². The van der Waals surface area contributed by atoms with Crippen molar-refractivity contribution in [3.05, 3.63) is 53.3 Å². The van der Waals surface area contributed by atoms with Crippen LogP contribution in [-0.4, -0.2) is 27.4 Å². The number of hydrogen-bond donors (Lipinski definition) is 1. The maximum Gasteiger partial charge on any atom is 0.259 e. The number of nitrogens with one attached hydrogen (secondary N) is 1. The second-order valence-corrected chi connectivity index (χ2v) is 5.94. The average Bonchev–Trinajstić information content (AvgIpc) is 3.03. The minimum absolute atomic E-state index is 0.238. The van der Waals surface area contributed by atoms with E-state index in [2.05, 4.69) is 19.7 Å². The summed E-state index contributed by atoms with van der Waals surface area (Å²) in [6.45, 7) is 3.70. The van der Waals surface area contributed by atoms with Gasteiger partial charge in [-0.3, -0.25) is 15.1 Å². The first-order chi connectivity index (χ1) is 11.6. The zero-order chi connectivity index (χ0) is 17.1. The predicted octanol–water partition coefficient (Wildman–Crippen LogP) is 3.48. The van der Waals surface area contributed by atoms with Crippen molar-refractivity contribution in [3.8, 4) is 17.1 Å². The Morgan fingerprint density at radius 2 is 1.83 bits per heavy atom. The van der Waals surface area contributed by atoms with Crippen LogP contribution < -0.4 is 10.1 Å². The lowest BCUT2D eigenvalue weighted by atomic mass is 10.2. The second-order valence-electron chi connectivity index (χ2n) is 5.19. The summed E-state index contributed by atoms with van der Waals surface area (Å²) in [7, 11) is 1.62. The fourth-order valence-electron chi connectivity index (χ4n) is 2.22. The van der Waals surface area contributed by atoms with Gasteiger partial charge in [-0.1, -0.05) is 0 Å². The van der Waals surface area contributed by atoms with E-state index in [0.717, 1.165) is 28.5 Å². The van der Waals surface area contributed by atoms with Gasteiger partial charge in [0.05, 0.1) is 18.4 Å². The van der Waals surface area contributed by atoms with E-state index in [0.29, 0.717) is 22.2 Å². The summed E-state index contributed by atoms with van der Waals surface area (Å²) in [4.78, 5) is 21.0. The molecule has 1 aromatic carbocycles. The number of aryl methyl sites for hydroxylation is 2. The van der Waals surface area contributed by atoms with E-state index in [9.17, 15) is 4.79 Å². The molecule has 0 radical (unpaired) electrons. The minimum Gasteiger partial charge on any atom is -0.497 e. The largest absolute Gasteiger partial charge is 0.497 e. The van der Waals surface area contributed by atoms with Gasteiger partial charge in [0.15, 0.2) is 5.82 Å². The van der Waals surface area contributed by atoms with Gasteiger partial charge in [-0.25, -0.2) is 0 Å². The van der Waals surface area contributed by atoms with E-state index in [1.807, 2.05) is 44.2 Å². The van der Waals surface area contributed by atoms with Crippen LogP contribution in [-0.2, 0) is 0 Å². The summed E-state index contributed by atoms with van der Waals surface area (Å²) in [5.74, 6) is 1.10. The molecule has 0 aliphatic rings. The molecule has 7 heteroatoms. The number of methoxy groups -OCH3 is 1. The van der Waals surface area contributed by atoms with Crippen LogP contribution in [0.5, 0.6) is 5.75 Å². The van der Waals surface area contributed by atoms with Crippen molar-refractivity contribution in [2.45, 2.75) is 13.8 Å². The molecule has 24 heavy (non-hydrogen) atoms. The highest BCUT2D eigenvalue weighted by molar-refractivity contribution is 7.10. The lowest BCUT2D eigenvalue weighted by molar-refractivity contribution is 0.102. The topological polar surface area (TPSA) is 77.0 Å². The Hall–Kier alpha value is -2.80. The van der Waals surface area contributed by atoms with E-state index in [-0.39, 0.29) is 5.91 Å². The molecule has 0 spiro atoms. The van der Waals surface area contributed by atoms with Crippen molar-refractivity contribution >= 4 is 22.6 Å². The molecular formula is C17H16N4O2S. The first-order valence-electron chi connectivity index (χ1n) is 7.30. The molecule has 0 atom stereocenters. The molecule has 0 aliphatic heterocycles. The third-order valence-corrected chi connectivity index (χ3v) is 4.09. The highest BCUT2D eigenvalue weighted by Gasteiger charge is 2.13. The Balaban J connectivity index is 1.76. The van der Waals surface area contributed by atoms with Crippen LogP contribution in [0.4, 0.5) is 5.13 Å². The minimum atomic E-state index is -0.238. The van der Waals surface area contributed by atoms with Gasteiger partial charge in [-0.15, -0.1) is 0 Å². The number of nitrogens with zero attached hydrogens (tertiary/aromatic N) is 3. The fraction of sp³-hybridized carbons (Fsp3) is 0.176. The Morgan fingerprint density at radius 3 is 2.50 bits per heavy atom. The Kier molecular flexibility index (Phi) is 4.52. The summed E-state index contributed by atoms with van der Waals surface area (Å²) in [5.41, 5.74) is 2.96. The molecule has 0 aliphatic carbocycles. The smallest absolute Gasteiger partial charge is 0.259 e. The number of pyridine rings is 1. The molecular weight excluding hydrogens is 324 g/mol. The quantitative estimate of drug-likeness (QED) is 0.787. The third kappa shape index (κ3) is 3.41. The maximum absolute atomic E-state index is 12.3. The summed E-state index contributed by atoms with van der Waals surface area (Å²) in [5, 5.41) is 3.22. The number of hydrogen-bond acceptors (Lipinski definition) is 6. The number of anilines is 1. The molecule has 0 bridgehead atoms. The molecule has 3 aromatic rings. The normalized spacial score (nSPS) is 10.5. The molecule has 122 valence electrons. The summed E-state index contributed by atoms with van der Waals surface area (Å²) < 4.78 is 9.41. The van der Waals surface area contributed by atoms with Crippen LogP contribution in [0.3, 0.4) is 0 Å². The van der Waals surface area contributed by atoms with Crippen LogP contribution in [0.15, 0.2) is 36.4 Å². The van der Waals surface area contributed by atoms with Gasteiger partial charge in [0.25, 0.3) is 5.91 Å². The van der Waals surface area contributed by atoms with Crippen molar-refractivity contribution in [1.29, 1.82) is 0 Å². The SMILES string of the molecule is COc1ccc(-c2nsc(NC(=O)c3ccc(C)nc3C)n2)cc1. The first kappa shape index (κ1) is 16.1. The van der Waals surface area contributed by atoms with Crippen LogP contribution in [0.2, 0.25) is 0 Å². The summed E-state index contributed by atoms with van der Waals surface area (Å²) >= 11 is 1.14. The molecule has 6 nitrogen and oxygen atoms in total. The molecule has 0 unspecified atom stereocenters. The van der Waals surface area contributed by atoms with Crippen molar-refractivity contribution < 1.29 is 9.53 Å². The number of aromatic nitrogens is 3. The Labute approximate surface area is 143 Å². The summed E-state index contributed by atoms with van der Waals surface area (Å²) in [6.07, 6.45) is 0. The van der Waals surface area contributed by atoms with E-state index >= 15 is 0 Å². The van der Waals surface area contributed by atoms with E-state index in [1.54, 1.807) is 13.2 Å². The van der Waals surface area contributed by atoms with Crippen molar-refractivity contribution in [2.75, 3.05) is 12.4 Å². The lowest BCUT2D eigenvalue weighted by Crippen LogP contribution is -2.14. The van der Waals surface area contributed by atoms with Gasteiger partial charge in [0, 0.05) is 22.8 Å². The van der Waals surface area contributed by atoms with Gasteiger partial charge < -0.3 is 4.74 Å². The second kappa shape index (κ2) is 6.76. The number of benzene rings is 1. The average molecular weight is 340 g/mol. The molecule has 0 fully saturated rings. The highest BCUT2D eigenvalue weighted by atomic mass is 32.1. The van der Waals surface area contributed by atoms with Crippen LogP contribution in [0.25, 0.3) is 11.4 Å². The van der Waals surface area contributed by atoms with Crippen molar-refractivity contribution in [2.24, 2.45) is 0 Å². The molecule has 3 rings (SSSR count). The number of ether oxygens (including phenoxy) is 1. The lowest BCUT2D eigenvalue weighted by Gasteiger charge is -2.05. The van der Waals surface area contributed by atoms with E-state index in [4.69, 9.17) is 4.74 Å². The molecule has 1 amide bonds. The zero-order valence-electron chi connectivity index (χ0n) is 13.5. The van der Waals surface area contributed by atoms with Gasteiger partial charge >= 0.3 is 0 Å². The van der Waals surface area contributed by atoms with Crippen molar-refractivity contribution in [1.82, 2.24) is 14.3 Å². The van der Waals surface area contributed by atoms with Crippen LogP contribution in [0, 0.1) is 13.8 Å². The molecule has 2 heterocycles. The fourth-order valence-corrected chi connectivity index (χ4v) is 2.81. The number of carbonyl (C=O) groups excluding carboxylic acids is 1. The van der Waals surface area contributed by atoms with Gasteiger partial charge in [0.2, 0.25) is 5.13 Å². The number of rotatable bonds is 4. The number of carbonyl (C=O) groups is 1. The zero-order valence-corrected chi connectivity index (χ0v) is 14.3. The van der Waals surface area contributed by atoms with Crippen molar-refractivity contribution in [3.63, 3.8) is 0 Å². The van der Waals surface area contributed by atoms with Crippen LogP contribution >= 0.6 is 11.5 Å². The Morgan fingerprint density at radius 1 is 1.08 bits per heavy atom. The third-order valence-electron chi connectivity index (χ3n) is 3.46. The Bertz CT molecular complexity index is 875. The van der Waals surface area contributed by atoms with Gasteiger partial charge in [0.1, 0.15) is 5.75 Å².